The van der Waals surface area contributed by atoms with Crippen molar-refractivity contribution in [3.05, 3.63) is 63.1 Å². The lowest BCUT2D eigenvalue weighted by atomic mass is 10.0. The van der Waals surface area contributed by atoms with Crippen LogP contribution in [0, 0.1) is 0 Å². The highest BCUT2D eigenvalue weighted by Gasteiger charge is 2.16. The van der Waals surface area contributed by atoms with E-state index in [1.54, 1.807) is 36.4 Å². The van der Waals surface area contributed by atoms with Gasteiger partial charge in [-0.1, -0.05) is 55.6 Å². The van der Waals surface area contributed by atoms with E-state index in [0.29, 0.717) is 21.8 Å². The second-order valence-electron chi connectivity index (χ2n) is 4.21. The second-order valence-corrected chi connectivity index (χ2v) is 6.12. The summed E-state index contributed by atoms with van der Waals surface area (Å²) < 4.78 is 0.807. The van der Waals surface area contributed by atoms with Crippen molar-refractivity contribution in [1.82, 2.24) is 0 Å². The molecule has 3 nitrogen and oxygen atoms in total. The highest BCUT2D eigenvalue weighted by molar-refractivity contribution is 9.10. The standard InChI is InChI=1S/C15H10Br2ClNO2/c16-8-14(20)19-13-5-4-11(18)7-12(13)15(21)9-2-1-3-10(17)6-9/h1-7H,8H2,(H,19,20). The van der Waals surface area contributed by atoms with Crippen molar-refractivity contribution >= 4 is 60.8 Å². The van der Waals surface area contributed by atoms with Crippen molar-refractivity contribution in [2.24, 2.45) is 0 Å². The molecule has 0 aromatic heterocycles. The summed E-state index contributed by atoms with van der Waals surface area (Å²) in [5.41, 5.74) is 1.31. The number of benzene rings is 2. The first-order valence-electron chi connectivity index (χ1n) is 5.97. The summed E-state index contributed by atoms with van der Waals surface area (Å²) >= 11 is 12.4. The predicted molar refractivity (Wildman–Crippen MR) is 91.5 cm³/mol. The Bertz CT molecular complexity index is 704. The van der Waals surface area contributed by atoms with Crippen LogP contribution in [-0.4, -0.2) is 17.0 Å². The van der Waals surface area contributed by atoms with E-state index in [4.69, 9.17) is 11.6 Å². The largest absolute Gasteiger partial charge is 0.325 e. The fourth-order valence-corrected chi connectivity index (χ4v) is 2.49. The average molecular weight is 432 g/mol. The first-order chi connectivity index (χ1) is 10.0. The van der Waals surface area contributed by atoms with Crippen molar-refractivity contribution in [3.63, 3.8) is 0 Å². The van der Waals surface area contributed by atoms with Gasteiger partial charge in [-0.15, -0.1) is 0 Å². The van der Waals surface area contributed by atoms with E-state index in [0.717, 1.165) is 4.47 Å². The van der Waals surface area contributed by atoms with Gasteiger partial charge in [0.15, 0.2) is 5.78 Å². The first-order valence-corrected chi connectivity index (χ1v) is 8.26. The molecule has 0 spiro atoms. The van der Waals surface area contributed by atoms with Crippen molar-refractivity contribution in [2.75, 3.05) is 10.6 Å². The molecule has 0 radical (unpaired) electrons. The van der Waals surface area contributed by atoms with E-state index < -0.39 is 0 Å². The van der Waals surface area contributed by atoms with Gasteiger partial charge in [0, 0.05) is 20.6 Å². The van der Waals surface area contributed by atoms with Crippen LogP contribution in [0.15, 0.2) is 46.9 Å². The number of halogens is 3. The van der Waals surface area contributed by atoms with Crippen LogP contribution in [0.4, 0.5) is 5.69 Å². The third-order valence-electron chi connectivity index (χ3n) is 2.71. The Morgan fingerprint density at radius 1 is 1.14 bits per heavy atom. The van der Waals surface area contributed by atoms with Crippen LogP contribution < -0.4 is 5.32 Å². The Kier molecular flexibility index (Phi) is 5.56. The van der Waals surface area contributed by atoms with E-state index in [9.17, 15) is 9.59 Å². The Labute approximate surface area is 143 Å². The SMILES string of the molecule is O=C(CBr)Nc1ccc(Cl)cc1C(=O)c1cccc(Br)c1. The van der Waals surface area contributed by atoms with Crippen LogP contribution in [-0.2, 0) is 4.79 Å². The molecule has 2 aromatic carbocycles. The number of nitrogens with one attached hydrogen (secondary N) is 1. The highest BCUT2D eigenvalue weighted by Crippen LogP contribution is 2.25. The number of carbonyl (C=O) groups is 2. The normalized spacial score (nSPS) is 10.2. The second kappa shape index (κ2) is 7.20. The molecule has 0 aliphatic heterocycles. The molecule has 0 saturated heterocycles. The van der Waals surface area contributed by atoms with Crippen molar-refractivity contribution in [3.8, 4) is 0 Å². The smallest absolute Gasteiger partial charge is 0.235 e. The molecule has 2 aromatic rings. The number of rotatable bonds is 4. The maximum atomic E-state index is 12.6. The lowest BCUT2D eigenvalue weighted by Gasteiger charge is -2.10. The van der Waals surface area contributed by atoms with Crippen molar-refractivity contribution in [2.45, 2.75) is 0 Å². The molecule has 1 amide bonds. The summed E-state index contributed by atoms with van der Waals surface area (Å²) in [7, 11) is 0. The van der Waals surface area contributed by atoms with Crippen molar-refractivity contribution < 1.29 is 9.59 Å². The van der Waals surface area contributed by atoms with E-state index >= 15 is 0 Å². The minimum Gasteiger partial charge on any atom is -0.325 e. The third kappa shape index (κ3) is 4.15. The molecule has 2 rings (SSSR count). The summed E-state index contributed by atoms with van der Waals surface area (Å²) in [6, 6.07) is 11.8. The Morgan fingerprint density at radius 2 is 1.90 bits per heavy atom. The summed E-state index contributed by atoms with van der Waals surface area (Å²) in [5.74, 6) is -0.440. The van der Waals surface area contributed by atoms with Gasteiger partial charge in [-0.05, 0) is 30.3 Å². The quantitative estimate of drug-likeness (QED) is 0.565. The van der Waals surface area contributed by atoms with Crippen LogP contribution >= 0.6 is 43.5 Å². The van der Waals surface area contributed by atoms with Gasteiger partial charge in [0.1, 0.15) is 0 Å². The van der Waals surface area contributed by atoms with Crippen LogP contribution in [0.3, 0.4) is 0 Å². The minimum atomic E-state index is -0.236. The number of carbonyl (C=O) groups excluding carboxylic acids is 2. The lowest BCUT2D eigenvalue weighted by Crippen LogP contribution is -2.15. The van der Waals surface area contributed by atoms with Crippen LogP contribution in [0.1, 0.15) is 15.9 Å². The van der Waals surface area contributed by atoms with Crippen LogP contribution in [0.5, 0.6) is 0 Å². The molecule has 0 unspecified atom stereocenters. The molecule has 6 heteroatoms. The van der Waals surface area contributed by atoms with Gasteiger partial charge in [-0.25, -0.2) is 0 Å². The zero-order chi connectivity index (χ0) is 15.4. The monoisotopic (exact) mass is 429 g/mol. The molecule has 21 heavy (non-hydrogen) atoms. The first kappa shape index (κ1) is 16.2. The van der Waals surface area contributed by atoms with E-state index in [2.05, 4.69) is 37.2 Å². The van der Waals surface area contributed by atoms with E-state index in [-0.39, 0.29) is 17.0 Å². The molecule has 0 bridgehead atoms. The van der Waals surface area contributed by atoms with Gasteiger partial charge >= 0.3 is 0 Å². The zero-order valence-electron chi connectivity index (χ0n) is 10.7. The number of amides is 1. The summed E-state index contributed by atoms with van der Waals surface area (Å²) in [6.45, 7) is 0. The predicted octanol–water partition coefficient (Wildman–Crippen LogP) is 4.67. The fraction of sp³-hybridized carbons (Fsp3) is 0.0667. The minimum absolute atomic E-state index is 0.153. The van der Waals surface area contributed by atoms with Gasteiger partial charge in [0.25, 0.3) is 0 Å². The van der Waals surface area contributed by atoms with Crippen molar-refractivity contribution in [1.29, 1.82) is 0 Å². The molecular formula is C15H10Br2ClNO2. The third-order valence-corrected chi connectivity index (χ3v) is 3.95. The molecule has 1 N–H and O–H groups in total. The Morgan fingerprint density at radius 3 is 2.57 bits per heavy atom. The number of ketones is 1. The average Bonchev–Trinajstić information content (AvgIpc) is 2.48. The molecule has 0 heterocycles. The molecule has 0 aliphatic carbocycles. The Balaban J connectivity index is 2.44. The lowest BCUT2D eigenvalue weighted by molar-refractivity contribution is -0.113. The maximum Gasteiger partial charge on any atom is 0.235 e. The zero-order valence-corrected chi connectivity index (χ0v) is 14.6. The molecule has 0 saturated carbocycles. The van der Waals surface area contributed by atoms with Crippen LogP contribution in [0.25, 0.3) is 0 Å². The van der Waals surface area contributed by atoms with E-state index in [1.807, 2.05) is 6.07 Å². The number of hydrogen-bond acceptors (Lipinski definition) is 2. The van der Waals surface area contributed by atoms with E-state index in [1.165, 1.54) is 0 Å². The van der Waals surface area contributed by atoms with Gasteiger partial charge in [-0.2, -0.15) is 0 Å². The molecule has 0 aliphatic rings. The highest BCUT2D eigenvalue weighted by atomic mass is 79.9. The Hall–Kier alpha value is -1.17. The number of anilines is 1. The van der Waals surface area contributed by atoms with Gasteiger partial charge < -0.3 is 5.32 Å². The number of hydrogen-bond donors (Lipinski definition) is 1. The molecule has 0 atom stereocenters. The van der Waals surface area contributed by atoms with Crippen LogP contribution in [0.2, 0.25) is 5.02 Å². The van der Waals surface area contributed by atoms with Gasteiger partial charge in [0.05, 0.1) is 11.0 Å². The maximum absolute atomic E-state index is 12.6. The summed E-state index contributed by atoms with van der Waals surface area (Å²) in [4.78, 5) is 24.1. The number of alkyl halides is 1. The molecule has 0 fully saturated rings. The summed E-state index contributed by atoms with van der Waals surface area (Å²) in [6.07, 6.45) is 0. The van der Waals surface area contributed by atoms with Gasteiger partial charge in [-0.3, -0.25) is 9.59 Å². The molecular weight excluding hydrogens is 421 g/mol. The fourth-order valence-electron chi connectivity index (χ4n) is 1.78. The topological polar surface area (TPSA) is 46.2 Å². The molecule has 108 valence electrons. The summed E-state index contributed by atoms with van der Waals surface area (Å²) in [5, 5.41) is 3.26. The van der Waals surface area contributed by atoms with Gasteiger partial charge in [0.2, 0.25) is 5.91 Å².